The number of ether oxygens (including phenoxy) is 1. The first kappa shape index (κ1) is 10.4. The van der Waals surface area contributed by atoms with Gasteiger partial charge in [-0.25, -0.2) is 0 Å². The van der Waals surface area contributed by atoms with E-state index in [1.165, 1.54) is 0 Å². The van der Waals surface area contributed by atoms with Crippen molar-refractivity contribution < 1.29 is 9.84 Å². The van der Waals surface area contributed by atoms with Gasteiger partial charge in [0.25, 0.3) is 0 Å². The van der Waals surface area contributed by atoms with Crippen LogP contribution in [-0.4, -0.2) is 48.0 Å². The molecule has 82 valence electrons. The third-order valence-electron chi connectivity index (χ3n) is 3.49. The van der Waals surface area contributed by atoms with Crippen LogP contribution in [0.5, 0.6) is 0 Å². The maximum absolute atomic E-state index is 9.97. The minimum Gasteiger partial charge on any atom is -0.392 e. The normalized spacial score (nSPS) is 39.9. The molecule has 0 spiro atoms. The molecule has 2 aliphatic rings. The monoisotopic (exact) mass is 199 g/mol. The SMILES string of the molecule is CC(C)(C)N1CC2COC[C@@H](C1)C2O. The molecule has 0 saturated carbocycles. The van der Waals surface area contributed by atoms with Crippen LogP contribution in [0.15, 0.2) is 0 Å². The molecule has 0 aliphatic carbocycles. The van der Waals surface area contributed by atoms with Crippen molar-refractivity contribution in [2.45, 2.75) is 32.4 Å². The Morgan fingerprint density at radius 2 is 1.64 bits per heavy atom. The molecule has 0 aromatic carbocycles. The van der Waals surface area contributed by atoms with Crippen LogP contribution in [-0.2, 0) is 4.74 Å². The van der Waals surface area contributed by atoms with Crippen molar-refractivity contribution in [1.29, 1.82) is 0 Å². The summed E-state index contributed by atoms with van der Waals surface area (Å²) in [4.78, 5) is 2.47. The number of likely N-dealkylation sites (tertiary alicyclic amines) is 1. The van der Waals surface area contributed by atoms with Gasteiger partial charge in [0.2, 0.25) is 0 Å². The lowest BCUT2D eigenvalue weighted by molar-refractivity contribution is -0.137. The van der Waals surface area contributed by atoms with E-state index >= 15 is 0 Å². The smallest absolute Gasteiger partial charge is 0.0665 e. The van der Waals surface area contributed by atoms with Gasteiger partial charge in [-0.2, -0.15) is 0 Å². The fraction of sp³-hybridized carbons (Fsp3) is 1.00. The highest BCUT2D eigenvalue weighted by Gasteiger charge is 2.41. The lowest BCUT2D eigenvalue weighted by Crippen LogP contribution is -2.59. The zero-order valence-corrected chi connectivity index (χ0v) is 9.36. The predicted octanol–water partition coefficient (Wildman–Crippen LogP) is 0.724. The molecule has 2 aliphatic heterocycles. The average Bonchev–Trinajstić information content (AvgIpc) is 2.00. The van der Waals surface area contributed by atoms with Crippen LogP contribution in [0.2, 0.25) is 0 Å². The maximum atomic E-state index is 9.97. The molecule has 2 rings (SSSR count). The van der Waals surface area contributed by atoms with Gasteiger partial charge in [-0.1, -0.05) is 0 Å². The van der Waals surface area contributed by atoms with Gasteiger partial charge >= 0.3 is 0 Å². The number of hydrogen-bond acceptors (Lipinski definition) is 3. The predicted molar refractivity (Wildman–Crippen MR) is 55.1 cm³/mol. The summed E-state index contributed by atoms with van der Waals surface area (Å²) in [5.74, 6) is 0.642. The van der Waals surface area contributed by atoms with E-state index in [-0.39, 0.29) is 11.6 Å². The number of hydrogen-bond donors (Lipinski definition) is 1. The van der Waals surface area contributed by atoms with Crippen LogP contribution in [0.4, 0.5) is 0 Å². The maximum Gasteiger partial charge on any atom is 0.0665 e. The van der Waals surface area contributed by atoms with E-state index in [0.29, 0.717) is 11.8 Å². The van der Waals surface area contributed by atoms with Crippen LogP contribution >= 0.6 is 0 Å². The molecule has 0 aromatic heterocycles. The van der Waals surface area contributed by atoms with E-state index in [2.05, 4.69) is 25.7 Å². The second-order valence-electron chi connectivity index (χ2n) is 5.62. The van der Waals surface area contributed by atoms with Crippen molar-refractivity contribution in [3.8, 4) is 0 Å². The van der Waals surface area contributed by atoms with Crippen LogP contribution in [0, 0.1) is 11.8 Å². The summed E-state index contributed by atoms with van der Waals surface area (Å²) in [5, 5.41) is 9.97. The van der Waals surface area contributed by atoms with Crippen LogP contribution in [0.1, 0.15) is 20.8 Å². The van der Waals surface area contributed by atoms with Crippen molar-refractivity contribution >= 4 is 0 Å². The summed E-state index contributed by atoms with van der Waals surface area (Å²) >= 11 is 0. The van der Waals surface area contributed by atoms with Crippen molar-refractivity contribution in [3.63, 3.8) is 0 Å². The third-order valence-corrected chi connectivity index (χ3v) is 3.49. The Labute approximate surface area is 86.0 Å². The minimum atomic E-state index is -0.137. The second-order valence-corrected chi connectivity index (χ2v) is 5.62. The standard InChI is InChI=1S/C11H21NO2/c1-11(2,3)12-4-8-6-14-7-9(5-12)10(8)13/h8-10,13H,4-7H2,1-3H3/t8-,9?,10?/m1/s1. The highest BCUT2D eigenvalue weighted by atomic mass is 16.5. The van der Waals surface area contributed by atoms with E-state index in [4.69, 9.17) is 4.74 Å². The van der Waals surface area contributed by atoms with Gasteiger partial charge in [-0.05, 0) is 20.8 Å². The van der Waals surface area contributed by atoms with E-state index < -0.39 is 0 Å². The van der Waals surface area contributed by atoms with E-state index in [0.717, 1.165) is 26.3 Å². The van der Waals surface area contributed by atoms with Gasteiger partial charge in [0.05, 0.1) is 19.3 Å². The Hall–Kier alpha value is -0.120. The Bertz CT molecular complexity index is 198. The molecule has 3 nitrogen and oxygen atoms in total. The summed E-state index contributed by atoms with van der Waals surface area (Å²) in [6, 6.07) is 0. The van der Waals surface area contributed by atoms with Gasteiger partial charge in [0.1, 0.15) is 0 Å². The number of nitrogens with zero attached hydrogens (tertiary/aromatic N) is 1. The fourth-order valence-electron chi connectivity index (χ4n) is 2.46. The van der Waals surface area contributed by atoms with Gasteiger partial charge in [-0.3, -0.25) is 4.90 Å². The highest BCUT2D eigenvalue weighted by Crippen LogP contribution is 2.31. The third kappa shape index (κ3) is 1.81. The molecule has 0 radical (unpaired) electrons. The molecule has 2 unspecified atom stereocenters. The molecular formula is C11H21NO2. The van der Waals surface area contributed by atoms with Gasteiger partial charge in [0.15, 0.2) is 0 Å². The molecule has 14 heavy (non-hydrogen) atoms. The molecule has 2 bridgehead atoms. The number of rotatable bonds is 0. The number of aliphatic hydroxyl groups excluding tert-OH is 1. The van der Waals surface area contributed by atoms with Crippen molar-refractivity contribution in [3.05, 3.63) is 0 Å². The first-order chi connectivity index (χ1) is 6.48. The quantitative estimate of drug-likeness (QED) is 0.624. The van der Waals surface area contributed by atoms with Crippen molar-refractivity contribution in [2.24, 2.45) is 11.8 Å². The summed E-state index contributed by atoms with van der Waals surface area (Å²) in [7, 11) is 0. The minimum absolute atomic E-state index is 0.137. The van der Waals surface area contributed by atoms with Crippen LogP contribution in [0.3, 0.4) is 0 Å². The Morgan fingerprint density at radius 1 is 1.14 bits per heavy atom. The molecule has 0 aromatic rings. The lowest BCUT2D eigenvalue weighted by Gasteiger charge is -2.49. The van der Waals surface area contributed by atoms with E-state index in [9.17, 15) is 5.11 Å². The van der Waals surface area contributed by atoms with Gasteiger partial charge < -0.3 is 9.84 Å². The Morgan fingerprint density at radius 3 is 2.07 bits per heavy atom. The van der Waals surface area contributed by atoms with E-state index in [1.54, 1.807) is 0 Å². The molecule has 3 atom stereocenters. The molecule has 3 heteroatoms. The molecular weight excluding hydrogens is 178 g/mol. The highest BCUT2D eigenvalue weighted by molar-refractivity contribution is 4.93. The zero-order chi connectivity index (χ0) is 10.3. The first-order valence-electron chi connectivity index (χ1n) is 5.49. The fourth-order valence-corrected chi connectivity index (χ4v) is 2.46. The van der Waals surface area contributed by atoms with Crippen molar-refractivity contribution in [1.82, 2.24) is 4.90 Å². The van der Waals surface area contributed by atoms with Crippen molar-refractivity contribution in [2.75, 3.05) is 26.3 Å². The number of fused-ring (bicyclic) bond motifs is 2. The number of aliphatic hydroxyl groups is 1. The van der Waals surface area contributed by atoms with Gasteiger partial charge in [0, 0.05) is 30.5 Å². The Kier molecular flexibility index (Phi) is 2.58. The van der Waals surface area contributed by atoms with Crippen LogP contribution < -0.4 is 0 Å². The summed E-state index contributed by atoms with van der Waals surface area (Å²) in [6.45, 7) is 10.1. The summed E-state index contributed by atoms with van der Waals surface area (Å²) < 4.78 is 5.48. The molecule has 1 N–H and O–H groups in total. The zero-order valence-electron chi connectivity index (χ0n) is 9.36. The lowest BCUT2D eigenvalue weighted by atomic mass is 9.83. The largest absolute Gasteiger partial charge is 0.392 e. The van der Waals surface area contributed by atoms with Crippen LogP contribution in [0.25, 0.3) is 0 Å². The second kappa shape index (κ2) is 3.47. The molecule has 2 heterocycles. The number of piperidine rings is 1. The summed E-state index contributed by atoms with van der Waals surface area (Å²) in [6.07, 6.45) is -0.137. The molecule has 2 fully saturated rings. The topological polar surface area (TPSA) is 32.7 Å². The summed E-state index contributed by atoms with van der Waals surface area (Å²) in [5.41, 5.74) is 0.216. The van der Waals surface area contributed by atoms with E-state index in [1.807, 2.05) is 0 Å². The molecule has 2 saturated heterocycles. The van der Waals surface area contributed by atoms with Gasteiger partial charge in [-0.15, -0.1) is 0 Å². The molecule has 0 amide bonds. The first-order valence-corrected chi connectivity index (χ1v) is 5.49. The Balaban J connectivity index is 2.08. The average molecular weight is 199 g/mol.